The van der Waals surface area contributed by atoms with Crippen molar-refractivity contribution in [2.75, 3.05) is 19.4 Å². The van der Waals surface area contributed by atoms with Crippen LogP contribution in [0.2, 0.25) is 0 Å². The summed E-state index contributed by atoms with van der Waals surface area (Å²) < 4.78 is 6.05. The van der Waals surface area contributed by atoms with Crippen molar-refractivity contribution >= 4 is 33.7 Å². The molecule has 1 rings (SSSR count). The molecule has 1 aromatic heterocycles. The third kappa shape index (κ3) is 5.12. The minimum Gasteiger partial charge on any atom is -0.465 e. The van der Waals surface area contributed by atoms with Crippen LogP contribution in [-0.4, -0.2) is 35.9 Å². The summed E-state index contributed by atoms with van der Waals surface area (Å²) in [6, 6.07) is 3.91. The third-order valence-electron chi connectivity index (χ3n) is 2.83. The number of halogens is 1. The molecule has 1 unspecified atom stereocenters. The lowest BCUT2D eigenvalue weighted by Crippen LogP contribution is -2.49. The average Bonchev–Trinajstić information content (AvgIpc) is 2.41. The van der Waals surface area contributed by atoms with Crippen LogP contribution in [0.4, 0.5) is 0 Å². The van der Waals surface area contributed by atoms with Crippen molar-refractivity contribution < 1.29 is 9.53 Å². The molecule has 0 saturated carbocycles. The molecule has 1 aromatic rings. The van der Waals surface area contributed by atoms with Gasteiger partial charge in [-0.15, -0.1) is 11.8 Å². The molecular formula is C13H19BrN2O2S. The molecule has 0 amide bonds. The van der Waals surface area contributed by atoms with Crippen molar-refractivity contribution in [2.45, 2.75) is 30.8 Å². The molecule has 0 aliphatic carbocycles. The van der Waals surface area contributed by atoms with Crippen LogP contribution >= 0.6 is 27.7 Å². The molecule has 19 heavy (non-hydrogen) atoms. The fourth-order valence-corrected chi connectivity index (χ4v) is 2.67. The first kappa shape index (κ1) is 16.5. The molecule has 1 heterocycles. The molecule has 1 atom stereocenters. The number of hydrogen-bond acceptors (Lipinski definition) is 5. The third-order valence-corrected chi connectivity index (χ3v) is 4.24. The summed E-state index contributed by atoms with van der Waals surface area (Å²) in [7, 11) is 1.78. The second-order valence-corrected chi connectivity index (χ2v) is 6.25. The minimum atomic E-state index is -0.641. The molecule has 4 nitrogen and oxygen atoms in total. The van der Waals surface area contributed by atoms with Gasteiger partial charge in [-0.1, -0.05) is 0 Å². The number of esters is 1. The first-order valence-corrected chi connectivity index (χ1v) is 7.90. The van der Waals surface area contributed by atoms with E-state index in [0.717, 1.165) is 15.3 Å². The zero-order chi connectivity index (χ0) is 14.3. The fourth-order valence-electron chi connectivity index (χ4n) is 1.43. The molecule has 0 aliphatic rings. The van der Waals surface area contributed by atoms with Crippen LogP contribution < -0.4 is 5.32 Å². The summed E-state index contributed by atoms with van der Waals surface area (Å²) in [6.45, 7) is 4.08. The fraction of sp³-hybridized carbons (Fsp3) is 0.538. The van der Waals surface area contributed by atoms with Gasteiger partial charge in [0.05, 0.1) is 11.6 Å². The Morgan fingerprint density at radius 3 is 2.84 bits per heavy atom. The van der Waals surface area contributed by atoms with Gasteiger partial charge in [-0.05, 0) is 55.4 Å². The van der Waals surface area contributed by atoms with Gasteiger partial charge >= 0.3 is 5.97 Å². The molecular weight excluding hydrogens is 328 g/mol. The maximum atomic E-state index is 11.9. The van der Waals surface area contributed by atoms with Crippen LogP contribution in [0.5, 0.6) is 0 Å². The first-order valence-electron chi connectivity index (χ1n) is 6.12. The van der Waals surface area contributed by atoms with Crippen LogP contribution in [0.3, 0.4) is 0 Å². The molecule has 1 N–H and O–H groups in total. The maximum Gasteiger partial charge on any atom is 0.326 e. The highest BCUT2D eigenvalue weighted by atomic mass is 79.9. The number of pyridine rings is 1. The van der Waals surface area contributed by atoms with Gasteiger partial charge in [-0.2, -0.15) is 0 Å². The number of aromatic nitrogens is 1. The molecule has 0 aromatic carbocycles. The van der Waals surface area contributed by atoms with E-state index in [0.29, 0.717) is 13.0 Å². The van der Waals surface area contributed by atoms with E-state index in [1.807, 2.05) is 26.0 Å². The van der Waals surface area contributed by atoms with Gasteiger partial charge in [-0.3, -0.25) is 4.79 Å². The van der Waals surface area contributed by atoms with Gasteiger partial charge < -0.3 is 10.1 Å². The Bertz CT molecular complexity index is 414. The van der Waals surface area contributed by atoms with Crippen LogP contribution in [0.1, 0.15) is 20.3 Å². The number of thioether (sulfide) groups is 1. The Hall–Kier alpha value is -0.590. The summed E-state index contributed by atoms with van der Waals surface area (Å²) >= 11 is 4.98. The number of ether oxygens (including phenoxy) is 1. The molecule has 0 saturated heterocycles. The molecule has 6 heteroatoms. The van der Waals surface area contributed by atoms with E-state index in [4.69, 9.17) is 4.74 Å². The molecule has 0 aliphatic heterocycles. The second-order valence-electron chi connectivity index (χ2n) is 4.22. The van der Waals surface area contributed by atoms with E-state index in [1.54, 1.807) is 25.0 Å². The lowest BCUT2D eigenvalue weighted by molar-refractivity contribution is -0.150. The lowest BCUT2D eigenvalue weighted by Gasteiger charge is -2.26. The predicted molar refractivity (Wildman–Crippen MR) is 81.4 cm³/mol. The molecule has 0 radical (unpaired) electrons. The SMILES string of the molecule is CCOC(=O)C(C)(CCSc1ccc(Br)cn1)NC. The van der Waals surface area contributed by atoms with Crippen LogP contribution in [0, 0.1) is 0 Å². The summed E-state index contributed by atoms with van der Waals surface area (Å²) in [5.41, 5.74) is -0.641. The number of likely N-dealkylation sites (N-methyl/N-ethyl adjacent to an activating group) is 1. The highest BCUT2D eigenvalue weighted by Gasteiger charge is 2.32. The number of rotatable bonds is 7. The van der Waals surface area contributed by atoms with Crippen LogP contribution in [0.25, 0.3) is 0 Å². The molecule has 0 spiro atoms. The Morgan fingerprint density at radius 2 is 2.32 bits per heavy atom. The molecule has 0 fully saturated rings. The van der Waals surface area contributed by atoms with E-state index in [1.165, 1.54) is 0 Å². The summed E-state index contributed by atoms with van der Waals surface area (Å²) in [6.07, 6.45) is 2.45. The van der Waals surface area contributed by atoms with E-state index >= 15 is 0 Å². The monoisotopic (exact) mass is 346 g/mol. The topological polar surface area (TPSA) is 51.2 Å². The normalized spacial score (nSPS) is 13.9. The summed E-state index contributed by atoms with van der Waals surface area (Å²) in [5, 5.41) is 3.99. The zero-order valence-corrected chi connectivity index (χ0v) is 13.8. The first-order chi connectivity index (χ1) is 9.01. The molecule has 106 valence electrons. The highest BCUT2D eigenvalue weighted by Crippen LogP contribution is 2.22. The van der Waals surface area contributed by atoms with Crippen molar-refractivity contribution in [2.24, 2.45) is 0 Å². The van der Waals surface area contributed by atoms with Crippen molar-refractivity contribution in [1.29, 1.82) is 0 Å². The van der Waals surface area contributed by atoms with Gasteiger partial charge in [0.1, 0.15) is 5.54 Å². The van der Waals surface area contributed by atoms with Gasteiger partial charge in [-0.25, -0.2) is 4.98 Å². The quantitative estimate of drug-likeness (QED) is 0.607. The van der Waals surface area contributed by atoms with E-state index in [2.05, 4.69) is 26.2 Å². The Morgan fingerprint density at radius 1 is 1.58 bits per heavy atom. The van der Waals surface area contributed by atoms with Crippen LogP contribution in [-0.2, 0) is 9.53 Å². The Kier molecular flexibility index (Phi) is 6.82. The lowest BCUT2D eigenvalue weighted by atomic mass is 10.00. The van der Waals surface area contributed by atoms with Crippen molar-refractivity contribution in [3.63, 3.8) is 0 Å². The van der Waals surface area contributed by atoms with Crippen molar-refractivity contribution in [1.82, 2.24) is 10.3 Å². The zero-order valence-electron chi connectivity index (χ0n) is 11.4. The Labute approximate surface area is 126 Å². The number of hydrogen-bond donors (Lipinski definition) is 1. The smallest absolute Gasteiger partial charge is 0.326 e. The van der Waals surface area contributed by atoms with Crippen LogP contribution in [0.15, 0.2) is 27.8 Å². The van der Waals surface area contributed by atoms with E-state index in [-0.39, 0.29) is 5.97 Å². The number of nitrogens with one attached hydrogen (secondary N) is 1. The average molecular weight is 347 g/mol. The number of carbonyl (C=O) groups excluding carboxylic acids is 1. The van der Waals surface area contributed by atoms with E-state index in [9.17, 15) is 4.79 Å². The Balaban J connectivity index is 2.49. The van der Waals surface area contributed by atoms with E-state index < -0.39 is 5.54 Å². The number of carbonyl (C=O) groups is 1. The number of nitrogens with zero attached hydrogens (tertiary/aromatic N) is 1. The minimum absolute atomic E-state index is 0.207. The standard InChI is InChI=1S/C13H19BrN2O2S/c1-4-18-12(17)13(2,15-3)7-8-19-11-6-5-10(14)9-16-11/h5-6,9,15H,4,7-8H2,1-3H3. The van der Waals surface area contributed by atoms with Crippen molar-refractivity contribution in [3.05, 3.63) is 22.8 Å². The largest absolute Gasteiger partial charge is 0.465 e. The summed E-state index contributed by atoms with van der Waals surface area (Å²) in [4.78, 5) is 16.2. The van der Waals surface area contributed by atoms with Gasteiger partial charge in [0.15, 0.2) is 0 Å². The molecule has 0 bridgehead atoms. The predicted octanol–water partition coefficient (Wildman–Crippen LogP) is 2.87. The highest BCUT2D eigenvalue weighted by molar-refractivity contribution is 9.10. The summed E-state index contributed by atoms with van der Waals surface area (Å²) in [5.74, 6) is 0.590. The van der Waals surface area contributed by atoms with Crippen molar-refractivity contribution in [3.8, 4) is 0 Å². The van der Waals surface area contributed by atoms with Gasteiger partial charge in [0.25, 0.3) is 0 Å². The van der Waals surface area contributed by atoms with Gasteiger partial charge in [0.2, 0.25) is 0 Å². The second kappa shape index (κ2) is 7.87. The maximum absolute atomic E-state index is 11.9. The van der Waals surface area contributed by atoms with Gasteiger partial charge in [0, 0.05) is 16.4 Å².